The Kier molecular flexibility index (Phi) is 6.71. The predicted molar refractivity (Wildman–Crippen MR) is 96.1 cm³/mol. The molecule has 0 aliphatic carbocycles. The number of hydrogen-bond donors (Lipinski definition) is 1. The fourth-order valence-electron chi connectivity index (χ4n) is 2.03. The van der Waals surface area contributed by atoms with Gasteiger partial charge in [-0.3, -0.25) is 19.4 Å². The average molecular weight is 422 g/mol. The first-order chi connectivity index (χ1) is 12.6. The molecule has 12 heteroatoms. The van der Waals surface area contributed by atoms with Crippen LogP contribution in [-0.2, 0) is 15.6 Å². The Morgan fingerprint density at radius 1 is 1.44 bits per heavy atom. The van der Waals surface area contributed by atoms with E-state index < -0.39 is 46.5 Å². The lowest BCUT2D eigenvalue weighted by Crippen LogP contribution is -2.36. The van der Waals surface area contributed by atoms with Crippen LogP contribution in [0, 0.1) is 5.41 Å². The molecule has 1 atom stereocenters. The molecule has 0 bridgehead atoms. The van der Waals surface area contributed by atoms with Crippen LogP contribution in [0.5, 0.6) is 0 Å². The summed E-state index contributed by atoms with van der Waals surface area (Å²) in [5.41, 5.74) is 0.203. The third-order valence-corrected chi connectivity index (χ3v) is 4.94. The highest BCUT2D eigenvalue weighted by Crippen LogP contribution is 2.25. The van der Waals surface area contributed by atoms with E-state index in [0.717, 1.165) is 4.90 Å². The van der Waals surface area contributed by atoms with Gasteiger partial charge in [0.25, 0.3) is 5.91 Å². The largest absolute Gasteiger partial charge is 0.390 e. The minimum absolute atomic E-state index is 0.0132. The lowest BCUT2D eigenvalue weighted by atomic mass is 10.3. The quantitative estimate of drug-likeness (QED) is 0.695. The first-order valence-corrected chi connectivity index (χ1v) is 9.38. The summed E-state index contributed by atoms with van der Waals surface area (Å²) in [6.07, 6.45) is -1.12. The molecule has 1 N–H and O–H groups in total. The number of nitrogens with one attached hydrogen (secondary N) is 1. The lowest BCUT2D eigenvalue weighted by molar-refractivity contribution is -0.129. The summed E-state index contributed by atoms with van der Waals surface area (Å²) in [5.74, 6) is -2.07. The van der Waals surface area contributed by atoms with Gasteiger partial charge in [0.2, 0.25) is 0 Å². The lowest BCUT2D eigenvalue weighted by Gasteiger charge is -2.16. The van der Waals surface area contributed by atoms with Gasteiger partial charge in [0.1, 0.15) is 11.4 Å². The van der Waals surface area contributed by atoms with E-state index in [1.165, 1.54) is 24.1 Å². The molecule has 2 rings (SSSR count). The molecule has 146 valence electrons. The third kappa shape index (κ3) is 5.86. The summed E-state index contributed by atoms with van der Waals surface area (Å²) in [6.45, 7) is 0. The van der Waals surface area contributed by atoms with Crippen molar-refractivity contribution < 1.29 is 22.2 Å². The number of hydrogen-bond acceptors (Lipinski definition) is 5. The molecule has 0 aliphatic heterocycles. The van der Waals surface area contributed by atoms with Crippen molar-refractivity contribution in [3.8, 4) is 5.69 Å². The molecule has 27 heavy (non-hydrogen) atoms. The Balaban J connectivity index is 2.05. The minimum Gasteiger partial charge on any atom is -0.306 e. The highest BCUT2D eigenvalue weighted by atomic mass is 35.5. The number of aromatic nitrogens is 3. The van der Waals surface area contributed by atoms with Gasteiger partial charge < -0.3 is 4.90 Å². The summed E-state index contributed by atoms with van der Waals surface area (Å²) >= 11 is 6.04. The van der Waals surface area contributed by atoms with Crippen LogP contribution in [0.25, 0.3) is 5.69 Å². The average Bonchev–Trinajstić information content (AvgIpc) is 3.00. The number of halogens is 4. The van der Waals surface area contributed by atoms with Crippen LogP contribution in [0.4, 0.5) is 18.9 Å². The Bertz CT molecular complexity index is 857. The second-order valence-electron chi connectivity index (χ2n) is 5.46. The zero-order valence-corrected chi connectivity index (χ0v) is 15.6. The van der Waals surface area contributed by atoms with E-state index in [9.17, 15) is 22.2 Å². The van der Waals surface area contributed by atoms with E-state index in [-0.39, 0.29) is 10.8 Å². The minimum atomic E-state index is -4.44. The van der Waals surface area contributed by atoms with Crippen molar-refractivity contribution in [2.45, 2.75) is 12.6 Å². The van der Waals surface area contributed by atoms with E-state index in [4.69, 9.17) is 17.0 Å². The summed E-state index contributed by atoms with van der Waals surface area (Å²) < 4.78 is 49.5. The molecular weight excluding hydrogens is 407 g/mol. The molecule has 1 unspecified atom stereocenters. The van der Waals surface area contributed by atoms with Crippen LogP contribution >= 0.6 is 11.6 Å². The van der Waals surface area contributed by atoms with Gasteiger partial charge in [-0.1, -0.05) is 11.6 Å². The fraction of sp³-hybridized carbons (Fsp3) is 0.333. The smallest absolute Gasteiger partial charge is 0.306 e. The van der Waals surface area contributed by atoms with Gasteiger partial charge in [-0.25, -0.2) is 4.68 Å². The van der Waals surface area contributed by atoms with Gasteiger partial charge in [0, 0.05) is 29.8 Å². The predicted octanol–water partition coefficient (Wildman–Crippen LogP) is 2.60. The number of nitrogens with zero attached hydrogens (tertiary/aromatic N) is 4. The van der Waals surface area contributed by atoms with Crippen molar-refractivity contribution in [3.05, 3.63) is 35.9 Å². The van der Waals surface area contributed by atoms with Crippen LogP contribution in [0.3, 0.4) is 0 Å². The molecule has 0 saturated heterocycles. The molecule has 0 fully saturated rings. The molecule has 2 aromatic heterocycles. The maximum Gasteiger partial charge on any atom is 0.390 e. The first kappa shape index (κ1) is 21.0. The molecular formula is C15H15ClF3N5O2S. The second-order valence-corrected chi connectivity index (χ2v) is 7.39. The molecule has 0 spiro atoms. The summed E-state index contributed by atoms with van der Waals surface area (Å²) in [7, 11) is -0.635. The van der Waals surface area contributed by atoms with E-state index in [1.807, 2.05) is 0 Å². The van der Waals surface area contributed by atoms with Gasteiger partial charge in [-0.05, 0) is 12.1 Å². The number of carbonyl (C=O) groups excluding carboxylic acids is 1. The number of amides is 1. The van der Waals surface area contributed by atoms with Gasteiger partial charge in [-0.15, -0.1) is 0 Å². The van der Waals surface area contributed by atoms with E-state index >= 15 is 0 Å². The zero-order valence-electron chi connectivity index (χ0n) is 14.0. The molecule has 7 nitrogen and oxygen atoms in total. The molecule has 2 heterocycles. The van der Waals surface area contributed by atoms with Crippen molar-refractivity contribution in [2.24, 2.45) is 0 Å². The number of pyridine rings is 1. The number of rotatable bonds is 7. The molecule has 2 aromatic rings. The molecule has 1 amide bonds. The highest BCUT2D eigenvalue weighted by molar-refractivity contribution is 7.85. The molecule has 0 radical (unpaired) electrons. The standard InChI is InChI=1S/C15H15ClF3N5O2S/c1-23(14(25)11(20)9-27(26)6-4-15(17,18)19)12-8-24(22-13(12)16)10-3-2-5-21-7-10/h2-3,5,7-8,20H,4,6,9H2,1H3. The van der Waals surface area contributed by atoms with Crippen molar-refractivity contribution in [3.63, 3.8) is 0 Å². The maximum atomic E-state index is 12.3. The number of alkyl halides is 3. The van der Waals surface area contributed by atoms with Crippen molar-refractivity contribution in [2.75, 3.05) is 23.5 Å². The molecule has 0 aromatic carbocycles. The van der Waals surface area contributed by atoms with Crippen LogP contribution in [0.15, 0.2) is 30.7 Å². The van der Waals surface area contributed by atoms with Crippen molar-refractivity contribution >= 4 is 39.7 Å². The number of anilines is 1. The van der Waals surface area contributed by atoms with Gasteiger partial charge in [0.15, 0.2) is 5.15 Å². The maximum absolute atomic E-state index is 12.3. The normalized spacial score (nSPS) is 12.6. The summed E-state index contributed by atoms with van der Waals surface area (Å²) in [4.78, 5) is 17.3. The van der Waals surface area contributed by atoms with E-state index in [1.54, 1.807) is 18.3 Å². The summed E-state index contributed by atoms with van der Waals surface area (Å²) in [5, 5.41) is 11.8. The van der Waals surface area contributed by atoms with Crippen LogP contribution in [0.1, 0.15) is 6.42 Å². The third-order valence-electron chi connectivity index (χ3n) is 3.40. The fourth-order valence-corrected chi connectivity index (χ4v) is 3.33. The van der Waals surface area contributed by atoms with Gasteiger partial charge >= 0.3 is 6.18 Å². The Morgan fingerprint density at radius 2 is 2.15 bits per heavy atom. The monoisotopic (exact) mass is 421 g/mol. The van der Waals surface area contributed by atoms with Crippen LogP contribution in [-0.4, -0.2) is 55.3 Å². The Hall–Kier alpha value is -2.27. The van der Waals surface area contributed by atoms with E-state index in [0.29, 0.717) is 5.69 Å². The number of carbonyl (C=O) groups is 1. The van der Waals surface area contributed by atoms with Crippen molar-refractivity contribution in [1.82, 2.24) is 14.8 Å². The van der Waals surface area contributed by atoms with Crippen LogP contribution in [0.2, 0.25) is 5.15 Å². The second kappa shape index (κ2) is 8.61. The first-order valence-electron chi connectivity index (χ1n) is 7.51. The zero-order chi connectivity index (χ0) is 20.2. The molecule has 0 aliphatic rings. The highest BCUT2D eigenvalue weighted by Gasteiger charge is 2.29. The Morgan fingerprint density at radius 3 is 2.74 bits per heavy atom. The SMILES string of the molecule is CN(C(=O)C(=N)CS(=O)CCC(F)(F)F)c1cn(-c2cccnc2)nc1Cl. The topological polar surface area (TPSA) is 91.9 Å². The van der Waals surface area contributed by atoms with Crippen molar-refractivity contribution in [1.29, 1.82) is 5.41 Å². The van der Waals surface area contributed by atoms with Gasteiger partial charge in [0.05, 0.1) is 30.3 Å². The summed E-state index contributed by atoms with van der Waals surface area (Å²) in [6, 6.07) is 3.40. The van der Waals surface area contributed by atoms with Crippen LogP contribution < -0.4 is 4.90 Å². The van der Waals surface area contributed by atoms with E-state index in [2.05, 4.69) is 10.1 Å². The molecule has 0 saturated carbocycles. The van der Waals surface area contributed by atoms with Gasteiger partial charge in [-0.2, -0.15) is 18.3 Å². The Labute approximate surface area is 160 Å².